The molecular formula is C13H17F3N2OS. The third-order valence-electron chi connectivity index (χ3n) is 3.32. The van der Waals surface area contributed by atoms with E-state index < -0.39 is 18.8 Å². The summed E-state index contributed by atoms with van der Waals surface area (Å²) in [5.74, 6) is -0.229. The van der Waals surface area contributed by atoms with Crippen molar-refractivity contribution >= 4 is 17.2 Å². The van der Waals surface area contributed by atoms with Gasteiger partial charge in [-0.2, -0.15) is 24.5 Å². The van der Waals surface area contributed by atoms with Crippen LogP contribution in [-0.2, 0) is 4.79 Å². The zero-order valence-electron chi connectivity index (χ0n) is 11.1. The number of amides is 1. The number of alkyl halides is 3. The Kier molecular flexibility index (Phi) is 4.70. The van der Waals surface area contributed by atoms with Gasteiger partial charge in [-0.1, -0.05) is 13.3 Å². The molecule has 0 bridgehead atoms. The topological polar surface area (TPSA) is 32.3 Å². The molecule has 1 saturated heterocycles. The summed E-state index contributed by atoms with van der Waals surface area (Å²) in [5, 5.41) is 6.86. The van der Waals surface area contributed by atoms with Crippen molar-refractivity contribution in [2.24, 2.45) is 0 Å². The van der Waals surface area contributed by atoms with Crippen LogP contribution in [0.1, 0.15) is 37.9 Å². The molecule has 1 aliphatic heterocycles. The van der Waals surface area contributed by atoms with E-state index in [1.165, 1.54) is 16.2 Å². The molecule has 20 heavy (non-hydrogen) atoms. The molecule has 0 spiro atoms. The molecule has 7 heteroatoms. The smallest absolute Gasteiger partial charge is 0.321 e. The minimum Gasteiger partial charge on any atom is -0.321 e. The molecule has 112 valence electrons. The Morgan fingerprint density at radius 2 is 2.20 bits per heavy atom. The summed E-state index contributed by atoms with van der Waals surface area (Å²) in [5.41, 5.74) is 0.851. The third-order valence-corrected chi connectivity index (χ3v) is 4.03. The second-order valence-corrected chi connectivity index (χ2v) is 5.64. The zero-order valence-corrected chi connectivity index (χ0v) is 11.9. The zero-order chi connectivity index (χ0) is 14.8. The predicted octanol–water partition coefficient (Wildman–Crippen LogP) is 3.30. The molecule has 1 N–H and O–H groups in total. The second kappa shape index (κ2) is 6.13. The Labute approximate surface area is 119 Å². The second-order valence-electron chi connectivity index (χ2n) is 4.86. The highest BCUT2D eigenvalue weighted by atomic mass is 32.1. The molecule has 1 aromatic heterocycles. The van der Waals surface area contributed by atoms with E-state index in [0.29, 0.717) is 6.42 Å². The number of hydrogen-bond acceptors (Lipinski definition) is 3. The minimum absolute atomic E-state index is 0.229. The highest BCUT2D eigenvalue weighted by molar-refractivity contribution is 7.07. The number of halogens is 3. The first-order chi connectivity index (χ1) is 9.42. The number of nitrogens with one attached hydrogen (secondary N) is 1. The SMILES string of the molecule is CCCC1NC(c2ccsc2)N(CCC(F)(F)F)C1=O. The Hall–Kier alpha value is -1.08. The van der Waals surface area contributed by atoms with Crippen molar-refractivity contribution in [1.82, 2.24) is 10.2 Å². The highest BCUT2D eigenvalue weighted by Crippen LogP contribution is 2.30. The molecule has 1 aromatic rings. The van der Waals surface area contributed by atoms with Crippen LogP contribution in [-0.4, -0.2) is 29.6 Å². The largest absolute Gasteiger partial charge is 0.390 e. The van der Waals surface area contributed by atoms with Gasteiger partial charge in [0.2, 0.25) is 5.91 Å². The quantitative estimate of drug-likeness (QED) is 0.905. The maximum atomic E-state index is 12.4. The van der Waals surface area contributed by atoms with E-state index in [2.05, 4.69) is 5.32 Å². The van der Waals surface area contributed by atoms with Crippen molar-refractivity contribution in [3.8, 4) is 0 Å². The molecular weight excluding hydrogens is 289 g/mol. The molecule has 3 nitrogen and oxygen atoms in total. The molecule has 0 aromatic carbocycles. The van der Waals surface area contributed by atoms with Gasteiger partial charge in [-0.3, -0.25) is 10.1 Å². The van der Waals surface area contributed by atoms with Gasteiger partial charge in [-0.05, 0) is 28.8 Å². The van der Waals surface area contributed by atoms with E-state index in [0.717, 1.165) is 12.0 Å². The Bertz CT molecular complexity index is 447. The normalized spacial score (nSPS) is 23.6. The molecule has 1 fully saturated rings. The molecule has 1 amide bonds. The van der Waals surface area contributed by atoms with Crippen LogP contribution >= 0.6 is 11.3 Å². The van der Waals surface area contributed by atoms with Gasteiger partial charge in [0.25, 0.3) is 0 Å². The first kappa shape index (κ1) is 15.3. The standard InChI is InChI=1S/C13H17F3N2OS/c1-2-3-10-12(19)18(6-5-13(14,15)16)11(17-10)9-4-7-20-8-9/h4,7-8,10-11,17H,2-3,5-6H2,1H3. The Morgan fingerprint density at radius 3 is 2.75 bits per heavy atom. The summed E-state index contributed by atoms with van der Waals surface area (Å²) < 4.78 is 37.2. The van der Waals surface area contributed by atoms with Crippen molar-refractivity contribution in [3.05, 3.63) is 22.4 Å². The lowest BCUT2D eigenvalue weighted by molar-refractivity contribution is -0.145. The lowest BCUT2D eigenvalue weighted by atomic mass is 10.1. The maximum absolute atomic E-state index is 12.4. The van der Waals surface area contributed by atoms with Crippen LogP contribution in [0.3, 0.4) is 0 Å². The summed E-state index contributed by atoms with van der Waals surface area (Å²) in [6.07, 6.45) is -4.20. The van der Waals surface area contributed by atoms with Crippen LogP contribution in [0.25, 0.3) is 0 Å². The average molecular weight is 306 g/mol. The van der Waals surface area contributed by atoms with Crippen molar-refractivity contribution in [1.29, 1.82) is 0 Å². The van der Waals surface area contributed by atoms with Gasteiger partial charge in [0.1, 0.15) is 6.17 Å². The molecule has 2 unspecified atom stereocenters. The van der Waals surface area contributed by atoms with E-state index >= 15 is 0 Å². The number of nitrogens with zero attached hydrogens (tertiary/aromatic N) is 1. The number of carbonyl (C=O) groups is 1. The number of hydrogen-bond donors (Lipinski definition) is 1. The van der Waals surface area contributed by atoms with Gasteiger partial charge >= 0.3 is 6.18 Å². The van der Waals surface area contributed by atoms with E-state index in [-0.39, 0.29) is 18.5 Å². The molecule has 2 atom stereocenters. The molecule has 0 radical (unpaired) electrons. The van der Waals surface area contributed by atoms with Crippen molar-refractivity contribution in [2.75, 3.05) is 6.54 Å². The monoisotopic (exact) mass is 306 g/mol. The van der Waals surface area contributed by atoms with Crippen LogP contribution in [0.2, 0.25) is 0 Å². The Morgan fingerprint density at radius 1 is 1.45 bits per heavy atom. The van der Waals surface area contributed by atoms with Crippen LogP contribution in [0.15, 0.2) is 16.8 Å². The maximum Gasteiger partial charge on any atom is 0.390 e. The number of rotatable bonds is 5. The summed E-state index contributed by atoms with van der Waals surface area (Å²) in [4.78, 5) is 13.5. The fourth-order valence-corrected chi connectivity index (χ4v) is 3.05. The fourth-order valence-electron chi connectivity index (χ4n) is 2.37. The van der Waals surface area contributed by atoms with Gasteiger partial charge in [-0.25, -0.2) is 0 Å². The number of carbonyl (C=O) groups excluding carboxylic acids is 1. The van der Waals surface area contributed by atoms with Crippen molar-refractivity contribution in [2.45, 2.75) is 44.6 Å². The van der Waals surface area contributed by atoms with Crippen LogP contribution in [0.5, 0.6) is 0 Å². The molecule has 0 saturated carbocycles. The Balaban J connectivity index is 2.13. The third kappa shape index (κ3) is 3.52. The average Bonchev–Trinajstić information content (AvgIpc) is 2.96. The lowest BCUT2D eigenvalue weighted by Gasteiger charge is -2.24. The van der Waals surface area contributed by atoms with Gasteiger partial charge in [0.15, 0.2) is 0 Å². The first-order valence-electron chi connectivity index (χ1n) is 6.57. The summed E-state index contributed by atoms with van der Waals surface area (Å²) in [6, 6.07) is 1.46. The van der Waals surface area contributed by atoms with E-state index in [1.54, 1.807) is 0 Å². The van der Waals surface area contributed by atoms with Crippen LogP contribution < -0.4 is 5.32 Å². The van der Waals surface area contributed by atoms with Gasteiger partial charge in [0, 0.05) is 6.54 Å². The van der Waals surface area contributed by atoms with E-state index in [9.17, 15) is 18.0 Å². The summed E-state index contributed by atoms with van der Waals surface area (Å²) in [7, 11) is 0. The van der Waals surface area contributed by atoms with Crippen LogP contribution in [0.4, 0.5) is 13.2 Å². The first-order valence-corrected chi connectivity index (χ1v) is 7.52. The van der Waals surface area contributed by atoms with Gasteiger partial charge < -0.3 is 4.90 Å². The lowest BCUT2D eigenvalue weighted by Crippen LogP contribution is -2.34. The van der Waals surface area contributed by atoms with Gasteiger partial charge in [0.05, 0.1) is 12.5 Å². The van der Waals surface area contributed by atoms with Gasteiger partial charge in [-0.15, -0.1) is 0 Å². The molecule has 1 aliphatic rings. The summed E-state index contributed by atoms with van der Waals surface area (Å²) in [6.45, 7) is 1.66. The molecule has 2 rings (SSSR count). The van der Waals surface area contributed by atoms with Crippen molar-refractivity contribution < 1.29 is 18.0 Å². The molecule has 0 aliphatic carbocycles. The highest BCUT2D eigenvalue weighted by Gasteiger charge is 2.40. The van der Waals surface area contributed by atoms with E-state index in [4.69, 9.17) is 0 Å². The predicted molar refractivity (Wildman–Crippen MR) is 71.3 cm³/mol. The minimum atomic E-state index is -4.25. The number of thiophene rings is 1. The van der Waals surface area contributed by atoms with E-state index in [1.807, 2.05) is 23.8 Å². The molecule has 2 heterocycles. The van der Waals surface area contributed by atoms with Crippen molar-refractivity contribution in [3.63, 3.8) is 0 Å². The van der Waals surface area contributed by atoms with Crippen LogP contribution in [0, 0.1) is 0 Å². The summed E-state index contributed by atoms with van der Waals surface area (Å²) >= 11 is 1.47. The fraction of sp³-hybridized carbons (Fsp3) is 0.615.